The van der Waals surface area contributed by atoms with Crippen molar-refractivity contribution in [1.82, 2.24) is 0 Å². The van der Waals surface area contributed by atoms with Crippen LogP contribution in [0.25, 0.3) is 0 Å². The van der Waals surface area contributed by atoms with Crippen molar-refractivity contribution in [3.8, 4) is 5.75 Å². The Morgan fingerprint density at radius 1 is 0.760 bits per heavy atom. The van der Waals surface area contributed by atoms with Gasteiger partial charge in [-0.3, -0.25) is 0 Å². The van der Waals surface area contributed by atoms with Gasteiger partial charge in [0.05, 0.1) is 0 Å². The smallest absolute Gasteiger partial charge is 0.339 e. The highest BCUT2D eigenvalue weighted by Crippen LogP contribution is 2.34. The van der Waals surface area contributed by atoms with Gasteiger partial charge in [-0.25, -0.2) is 4.79 Å². The lowest BCUT2D eigenvalue weighted by molar-refractivity contribution is 0.0693. The third kappa shape index (κ3) is 3.56. The summed E-state index contributed by atoms with van der Waals surface area (Å²) in [7, 11) is 0. The molecular weight excluding hydrogens is 312 g/mol. The van der Waals surface area contributed by atoms with E-state index >= 15 is 0 Å². The summed E-state index contributed by atoms with van der Waals surface area (Å²) in [6.45, 7) is 4.07. The molecule has 126 valence electrons. The van der Waals surface area contributed by atoms with E-state index in [9.17, 15) is 15.0 Å². The minimum atomic E-state index is -1.13. The molecule has 0 aliphatic carbocycles. The Kier molecular flexibility index (Phi) is 4.57. The van der Waals surface area contributed by atoms with Crippen LogP contribution < -0.4 is 0 Å². The van der Waals surface area contributed by atoms with Crippen LogP contribution in [0.1, 0.15) is 44.1 Å². The number of aromatic carboxylic acids is 1. The highest BCUT2D eigenvalue weighted by Gasteiger charge is 2.20. The van der Waals surface area contributed by atoms with Crippen molar-refractivity contribution in [2.75, 3.05) is 0 Å². The summed E-state index contributed by atoms with van der Waals surface area (Å²) in [5, 5.41) is 19.1. The molecule has 0 saturated carbocycles. The summed E-state index contributed by atoms with van der Waals surface area (Å²) >= 11 is 0. The van der Waals surface area contributed by atoms with Crippen LogP contribution in [-0.4, -0.2) is 16.2 Å². The number of hydrogen-bond acceptors (Lipinski definition) is 2. The van der Waals surface area contributed by atoms with E-state index in [0.717, 1.165) is 16.7 Å². The van der Waals surface area contributed by atoms with Gasteiger partial charge in [-0.05, 0) is 42.7 Å². The van der Waals surface area contributed by atoms with Gasteiger partial charge in [0.25, 0.3) is 0 Å². The number of carbonyl (C=O) groups is 1. The number of carboxylic acid groups (broad SMARTS) is 1. The first-order valence-corrected chi connectivity index (χ1v) is 8.15. The standard InChI is InChI=1S/C22H20O3/c1-14-3-7-16(8-4-14)21(17-9-5-15(2)6-10-17)18-11-12-20(23)19(13-18)22(24)25/h3-13,21,23H,1-2H3,(H,24,25). The molecule has 0 aromatic heterocycles. The normalized spacial score (nSPS) is 10.8. The van der Waals surface area contributed by atoms with Gasteiger partial charge in [-0.1, -0.05) is 65.7 Å². The maximum Gasteiger partial charge on any atom is 0.339 e. The summed E-state index contributed by atoms with van der Waals surface area (Å²) in [5.41, 5.74) is 5.25. The van der Waals surface area contributed by atoms with Crippen LogP contribution in [0.2, 0.25) is 0 Å². The summed E-state index contributed by atoms with van der Waals surface area (Å²) in [6, 6.07) is 21.2. The van der Waals surface area contributed by atoms with Crippen LogP contribution in [0.3, 0.4) is 0 Å². The van der Waals surface area contributed by atoms with Gasteiger partial charge in [-0.15, -0.1) is 0 Å². The topological polar surface area (TPSA) is 57.5 Å². The Morgan fingerprint density at radius 2 is 1.20 bits per heavy atom. The fourth-order valence-electron chi connectivity index (χ4n) is 3.00. The van der Waals surface area contributed by atoms with Crippen molar-refractivity contribution in [3.05, 3.63) is 100 Å². The predicted octanol–water partition coefficient (Wildman–Crippen LogP) is 4.89. The molecule has 2 N–H and O–H groups in total. The minimum absolute atomic E-state index is 0.0817. The van der Waals surface area contributed by atoms with Crippen LogP contribution in [0.5, 0.6) is 5.75 Å². The van der Waals surface area contributed by atoms with E-state index in [1.165, 1.54) is 17.2 Å². The first-order valence-electron chi connectivity index (χ1n) is 8.15. The Hall–Kier alpha value is -3.07. The molecule has 0 fully saturated rings. The van der Waals surface area contributed by atoms with E-state index in [0.29, 0.717) is 0 Å². The first kappa shape index (κ1) is 16.8. The molecule has 0 radical (unpaired) electrons. The van der Waals surface area contributed by atoms with E-state index < -0.39 is 5.97 Å². The Labute approximate surface area is 147 Å². The quantitative estimate of drug-likeness (QED) is 0.669. The third-order valence-electron chi connectivity index (χ3n) is 4.41. The molecule has 0 amide bonds. The Bertz CT molecular complexity index is 848. The van der Waals surface area contributed by atoms with Crippen molar-refractivity contribution in [1.29, 1.82) is 0 Å². The van der Waals surface area contributed by atoms with Gasteiger partial charge in [-0.2, -0.15) is 0 Å². The molecule has 0 saturated heterocycles. The van der Waals surface area contributed by atoms with Gasteiger partial charge in [0.2, 0.25) is 0 Å². The Balaban J connectivity index is 2.17. The first-order chi connectivity index (χ1) is 12.0. The zero-order chi connectivity index (χ0) is 18.0. The SMILES string of the molecule is Cc1ccc(C(c2ccc(C)cc2)c2ccc(O)c(C(=O)O)c2)cc1. The number of benzene rings is 3. The molecule has 25 heavy (non-hydrogen) atoms. The minimum Gasteiger partial charge on any atom is -0.507 e. The van der Waals surface area contributed by atoms with Gasteiger partial charge >= 0.3 is 5.97 Å². The zero-order valence-electron chi connectivity index (χ0n) is 14.2. The predicted molar refractivity (Wildman–Crippen MR) is 98.4 cm³/mol. The van der Waals surface area contributed by atoms with Crippen molar-refractivity contribution < 1.29 is 15.0 Å². The molecule has 0 spiro atoms. The number of phenols is 1. The molecule has 3 heteroatoms. The lowest BCUT2D eigenvalue weighted by Gasteiger charge is -2.20. The molecule has 0 atom stereocenters. The summed E-state index contributed by atoms with van der Waals surface area (Å²) in [4.78, 5) is 11.4. The molecule has 0 bridgehead atoms. The monoisotopic (exact) mass is 332 g/mol. The van der Waals surface area contributed by atoms with Gasteiger partial charge in [0.1, 0.15) is 11.3 Å². The molecule has 0 heterocycles. The fourth-order valence-corrected chi connectivity index (χ4v) is 3.00. The van der Waals surface area contributed by atoms with Crippen molar-refractivity contribution >= 4 is 5.97 Å². The van der Waals surface area contributed by atoms with Crippen LogP contribution in [0.4, 0.5) is 0 Å². The summed E-state index contributed by atoms with van der Waals surface area (Å²) < 4.78 is 0. The maximum absolute atomic E-state index is 11.4. The van der Waals surface area contributed by atoms with E-state index in [2.05, 4.69) is 48.5 Å². The number of carboxylic acids is 1. The zero-order valence-corrected chi connectivity index (χ0v) is 14.2. The lowest BCUT2D eigenvalue weighted by atomic mass is 9.84. The van der Waals surface area contributed by atoms with Crippen molar-refractivity contribution in [2.24, 2.45) is 0 Å². The maximum atomic E-state index is 11.4. The van der Waals surface area contributed by atoms with Crippen LogP contribution in [-0.2, 0) is 0 Å². The van der Waals surface area contributed by atoms with E-state index in [1.54, 1.807) is 12.1 Å². The average molecular weight is 332 g/mol. The molecule has 0 aliphatic rings. The fraction of sp³-hybridized carbons (Fsp3) is 0.136. The molecule has 0 aliphatic heterocycles. The molecule has 3 aromatic carbocycles. The highest BCUT2D eigenvalue weighted by atomic mass is 16.4. The van der Waals surface area contributed by atoms with Crippen LogP contribution in [0.15, 0.2) is 66.7 Å². The largest absolute Gasteiger partial charge is 0.507 e. The third-order valence-corrected chi connectivity index (χ3v) is 4.41. The van der Waals surface area contributed by atoms with Gasteiger partial charge in [0, 0.05) is 5.92 Å². The summed E-state index contributed by atoms with van der Waals surface area (Å²) in [5.74, 6) is -1.45. The molecular formula is C22H20O3. The summed E-state index contributed by atoms with van der Waals surface area (Å²) in [6.07, 6.45) is 0. The second-order valence-electron chi connectivity index (χ2n) is 6.34. The van der Waals surface area contributed by atoms with Crippen LogP contribution in [0, 0.1) is 13.8 Å². The van der Waals surface area contributed by atoms with Gasteiger partial charge in [0.15, 0.2) is 0 Å². The van der Waals surface area contributed by atoms with E-state index in [1.807, 2.05) is 13.8 Å². The van der Waals surface area contributed by atoms with E-state index in [4.69, 9.17) is 0 Å². The number of aromatic hydroxyl groups is 1. The van der Waals surface area contributed by atoms with E-state index in [-0.39, 0.29) is 17.2 Å². The molecule has 0 unspecified atom stereocenters. The van der Waals surface area contributed by atoms with Crippen molar-refractivity contribution in [2.45, 2.75) is 19.8 Å². The second kappa shape index (κ2) is 6.81. The number of aryl methyl sites for hydroxylation is 2. The highest BCUT2D eigenvalue weighted by molar-refractivity contribution is 5.91. The van der Waals surface area contributed by atoms with Crippen molar-refractivity contribution in [3.63, 3.8) is 0 Å². The number of rotatable bonds is 4. The Morgan fingerprint density at radius 3 is 1.64 bits per heavy atom. The lowest BCUT2D eigenvalue weighted by Crippen LogP contribution is -2.06. The molecule has 3 rings (SSSR count). The molecule has 3 nitrogen and oxygen atoms in total. The van der Waals surface area contributed by atoms with Gasteiger partial charge < -0.3 is 10.2 Å². The number of hydrogen-bond donors (Lipinski definition) is 2. The second-order valence-corrected chi connectivity index (χ2v) is 6.34. The van der Waals surface area contributed by atoms with Crippen LogP contribution >= 0.6 is 0 Å². The molecule has 3 aromatic rings. The average Bonchev–Trinajstić information content (AvgIpc) is 2.59.